The summed E-state index contributed by atoms with van der Waals surface area (Å²) in [6, 6.07) is 0. The molecule has 2 aliphatic rings. The molecule has 0 aliphatic heterocycles. The molecule has 0 bridgehead atoms. The number of rotatable bonds is 8. The number of Topliss-reactive ketones (excluding diaryl/α,β-unsaturated/α-hetero) is 7. The van der Waals surface area contributed by atoms with E-state index < -0.39 is 85.6 Å². The fraction of sp³-hybridized carbons (Fsp3) is 0.733. The Morgan fingerprint density at radius 1 is 0.762 bits per heavy atom. The summed E-state index contributed by atoms with van der Waals surface area (Å²) in [5.74, 6) is -7.50. The van der Waals surface area contributed by atoms with E-state index in [9.17, 15) is 48.9 Å². The van der Waals surface area contributed by atoms with Crippen molar-refractivity contribution in [3.63, 3.8) is 0 Å². The van der Waals surface area contributed by atoms with Crippen LogP contribution in [-0.2, 0) is 33.6 Å². The van der Waals surface area contributed by atoms with Crippen molar-refractivity contribution in [1.82, 2.24) is 0 Å². The first kappa shape index (κ1) is 36.6. The molecule has 0 spiro atoms. The molecule has 2 fully saturated rings. The predicted octanol–water partition coefficient (Wildman–Crippen LogP) is 3.50. The van der Waals surface area contributed by atoms with E-state index >= 15 is 0 Å². The van der Waals surface area contributed by atoms with Crippen LogP contribution in [0.25, 0.3) is 0 Å². The quantitative estimate of drug-likeness (QED) is 0.143. The summed E-state index contributed by atoms with van der Waals surface area (Å²) < 4.78 is 0. The topological polar surface area (TPSA) is 195 Å². The first-order valence-electron chi connectivity index (χ1n) is 14.0. The van der Waals surface area contributed by atoms with Gasteiger partial charge in [0.2, 0.25) is 6.54 Å². The van der Waals surface area contributed by atoms with Crippen molar-refractivity contribution in [2.75, 3.05) is 6.54 Å². The molecule has 2 atom stereocenters. The molecule has 2 saturated carbocycles. The summed E-state index contributed by atoms with van der Waals surface area (Å²) in [5.41, 5.74) is -5.16. The summed E-state index contributed by atoms with van der Waals surface area (Å²) >= 11 is 0. The van der Waals surface area contributed by atoms with E-state index in [4.69, 9.17) is 0 Å². The molecular formula is C30H44N2O10. The minimum atomic E-state index is -1.51. The van der Waals surface area contributed by atoms with Crippen molar-refractivity contribution in [2.24, 2.45) is 50.5 Å². The average Bonchev–Trinajstić information content (AvgIpc) is 2.91. The van der Waals surface area contributed by atoms with Gasteiger partial charge >= 0.3 is 0 Å². The second-order valence-corrected chi connectivity index (χ2v) is 13.5. The molecule has 0 aromatic rings. The standard InChI is InChI=1S/C15H21NO6.C15H23NO4/c1-8(6-7-16(21)22)10(17)9-11(18)14(2,3)13(20)15(4,5)12(9)19;1-7-8(2)10(16-20)9-11(17)14(3,4)13(19)15(5,6)12(9)18/h8-9H,6-7H2,1-5H3;8-9,20H,7H2,1-6H3/b;16-10+. The van der Waals surface area contributed by atoms with E-state index in [2.05, 4.69) is 5.16 Å². The van der Waals surface area contributed by atoms with Gasteiger partial charge in [-0.1, -0.05) is 25.9 Å². The van der Waals surface area contributed by atoms with Crippen LogP contribution in [0.5, 0.6) is 0 Å². The molecule has 0 aromatic heterocycles. The van der Waals surface area contributed by atoms with Gasteiger partial charge in [0.25, 0.3) is 0 Å². The molecule has 42 heavy (non-hydrogen) atoms. The van der Waals surface area contributed by atoms with Crippen LogP contribution in [0.1, 0.15) is 89.0 Å². The molecule has 0 radical (unpaired) electrons. The van der Waals surface area contributed by atoms with E-state index in [0.717, 1.165) is 0 Å². The van der Waals surface area contributed by atoms with Gasteiger partial charge in [0.15, 0.2) is 40.5 Å². The number of ketones is 7. The zero-order chi connectivity index (χ0) is 33.3. The third-order valence-electron chi connectivity index (χ3n) is 8.83. The van der Waals surface area contributed by atoms with E-state index in [1.807, 2.05) is 6.92 Å². The van der Waals surface area contributed by atoms with Crippen molar-refractivity contribution in [2.45, 2.75) is 89.0 Å². The SMILES string of the molecule is CC(CC[N+](=O)[O-])C(=O)C1C(=O)C(C)(C)C(=O)C(C)(C)C1=O.CCC(C)/C(=N\O)C1C(=O)C(C)(C)C(=O)C(C)(C)C1=O. The molecule has 0 amide bonds. The summed E-state index contributed by atoms with van der Waals surface area (Å²) in [6.07, 6.45) is 0.600. The maximum absolute atomic E-state index is 12.5. The lowest BCUT2D eigenvalue weighted by atomic mass is 9.57. The van der Waals surface area contributed by atoms with Crippen LogP contribution < -0.4 is 0 Å². The second-order valence-electron chi connectivity index (χ2n) is 13.5. The van der Waals surface area contributed by atoms with Crippen LogP contribution in [0.3, 0.4) is 0 Å². The van der Waals surface area contributed by atoms with Gasteiger partial charge in [-0.3, -0.25) is 43.7 Å². The Bertz CT molecular complexity index is 1180. The lowest BCUT2D eigenvalue weighted by Crippen LogP contribution is -2.59. The lowest BCUT2D eigenvalue weighted by Gasteiger charge is -2.41. The summed E-state index contributed by atoms with van der Waals surface area (Å²) in [7, 11) is 0. The fourth-order valence-electron chi connectivity index (χ4n) is 5.59. The Hall–Kier alpha value is -3.44. The summed E-state index contributed by atoms with van der Waals surface area (Å²) in [4.78, 5) is 96.9. The summed E-state index contributed by atoms with van der Waals surface area (Å²) in [5, 5.41) is 22.8. The van der Waals surface area contributed by atoms with E-state index in [0.29, 0.717) is 6.42 Å². The number of carbonyl (C=O) groups is 7. The van der Waals surface area contributed by atoms with Gasteiger partial charge in [-0.2, -0.15) is 0 Å². The van der Waals surface area contributed by atoms with Crippen LogP contribution >= 0.6 is 0 Å². The van der Waals surface area contributed by atoms with E-state index in [-0.39, 0.29) is 23.8 Å². The molecule has 234 valence electrons. The highest BCUT2D eigenvalue weighted by molar-refractivity contribution is 6.36. The van der Waals surface area contributed by atoms with Crippen molar-refractivity contribution in [1.29, 1.82) is 0 Å². The van der Waals surface area contributed by atoms with Gasteiger partial charge in [-0.15, -0.1) is 0 Å². The molecule has 12 heteroatoms. The molecule has 2 aliphatic carbocycles. The van der Waals surface area contributed by atoms with Crippen LogP contribution in [0.4, 0.5) is 0 Å². The first-order valence-corrected chi connectivity index (χ1v) is 14.0. The minimum Gasteiger partial charge on any atom is -0.411 e. The average molecular weight is 593 g/mol. The van der Waals surface area contributed by atoms with Gasteiger partial charge in [-0.25, -0.2) is 0 Å². The zero-order valence-corrected chi connectivity index (χ0v) is 26.4. The highest BCUT2D eigenvalue weighted by atomic mass is 16.6. The van der Waals surface area contributed by atoms with Crippen molar-refractivity contribution in [3.8, 4) is 0 Å². The molecule has 2 unspecified atom stereocenters. The lowest BCUT2D eigenvalue weighted by molar-refractivity contribution is -0.481. The third kappa shape index (κ3) is 6.32. The highest BCUT2D eigenvalue weighted by Crippen LogP contribution is 2.43. The zero-order valence-electron chi connectivity index (χ0n) is 26.4. The molecule has 0 heterocycles. The normalized spacial score (nSPS) is 23.6. The summed E-state index contributed by atoms with van der Waals surface area (Å²) in [6.45, 7) is 16.5. The minimum absolute atomic E-state index is 0.0440. The van der Waals surface area contributed by atoms with Crippen LogP contribution in [0.15, 0.2) is 5.16 Å². The Morgan fingerprint density at radius 2 is 1.10 bits per heavy atom. The molecule has 2 rings (SSSR count). The van der Waals surface area contributed by atoms with E-state index in [1.165, 1.54) is 62.3 Å². The Balaban J connectivity index is 0.000000422. The fourth-order valence-corrected chi connectivity index (χ4v) is 5.59. The monoisotopic (exact) mass is 592 g/mol. The number of hydrogen-bond acceptors (Lipinski definition) is 11. The number of oxime groups is 1. The van der Waals surface area contributed by atoms with Crippen LogP contribution in [0.2, 0.25) is 0 Å². The number of hydrogen-bond donors (Lipinski definition) is 1. The van der Waals surface area contributed by atoms with Gasteiger partial charge < -0.3 is 5.21 Å². The molecule has 1 N–H and O–H groups in total. The number of nitrogens with zero attached hydrogens (tertiary/aromatic N) is 2. The van der Waals surface area contributed by atoms with Crippen LogP contribution in [0, 0.1) is 55.4 Å². The van der Waals surface area contributed by atoms with Crippen molar-refractivity contribution < 1.29 is 43.7 Å². The van der Waals surface area contributed by atoms with Gasteiger partial charge in [0, 0.05) is 17.3 Å². The maximum Gasteiger partial charge on any atom is 0.204 e. The van der Waals surface area contributed by atoms with Gasteiger partial charge in [0.05, 0.1) is 27.4 Å². The van der Waals surface area contributed by atoms with Crippen molar-refractivity contribution in [3.05, 3.63) is 10.1 Å². The second kappa shape index (κ2) is 12.4. The van der Waals surface area contributed by atoms with Gasteiger partial charge in [-0.05, 0) is 67.7 Å². The molecule has 0 saturated heterocycles. The van der Waals surface area contributed by atoms with Crippen molar-refractivity contribution >= 4 is 46.2 Å². The molecular weight excluding hydrogens is 548 g/mol. The van der Waals surface area contributed by atoms with Crippen LogP contribution in [-0.4, -0.2) is 62.9 Å². The largest absolute Gasteiger partial charge is 0.411 e. The Kier molecular flexibility index (Phi) is 10.8. The number of carbonyl (C=O) groups excluding carboxylic acids is 7. The third-order valence-corrected chi connectivity index (χ3v) is 8.83. The smallest absolute Gasteiger partial charge is 0.204 e. The number of nitro groups is 1. The molecule has 12 nitrogen and oxygen atoms in total. The Morgan fingerprint density at radius 3 is 1.38 bits per heavy atom. The Labute approximate surface area is 246 Å². The maximum atomic E-state index is 12.5. The first-order chi connectivity index (χ1) is 18.9. The van der Waals surface area contributed by atoms with Gasteiger partial charge in [0.1, 0.15) is 11.8 Å². The highest BCUT2D eigenvalue weighted by Gasteiger charge is 2.61. The molecule has 0 aromatic carbocycles. The predicted molar refractivity (Wildman–Crippen MR) is 151 cm³/mol. The van der Waals surface area contributed by atoms with E-state index in [1.54, 1.807) is 6.92 Å².